The summed E-state index contributed by atoms with van der Waals surface area (Å²) in [5, 5.41) is 10.8. The van der Waals surface area contributed by atoms with E-state index in [2.05, 4.69) is 25.7 Å². The zero-order chi connectivity index (χ0) is 25.5. The van der Waals surface area contributed by atoms with Crippen molar-refractivity contribution in [2.24, 2.45) is 0 Å². The molecule has 0 radical (unpaired) electrons. The van der Waals surface area contributed by atoms with E-state index in [0.29, 0.717) is 22.4 Å². The van der Waals surface area contributed by atoms with E-state index in [1.165, 1.54) is 16.4 Å². The monoisotopic (exact) mass is 502 g/mol. The molecule has 2 N–H and O–H groups in total. The van der Waals surface area contributed by atoms with Gasteiger partial charge in [-0.3, -0.25) is 14.6 Å². The summed E-state index contributed by atoms with van der Waals surface area (Å²) in [6.07, 6.45) is 3.30. The average Bonchev–Trinajstić information content (AvgIpc) is 3.29. The summed E-state index contributed by atoms with van der Waals surface area (Å²) in [7, 11) is 1.59. The first-order valence-electron chi connectivity index (χ1n) is 11.2. The van der Waals surface area contributed by atoms with Crippen LogP contribution in [0.2, 0.25) is 0 Å². The van der Waals surface area contributed by atoms with Crippen molar-refractivity contribution in [3.63, 3.8) is 0 Å². The molecular weight excluding hydrogens is 476 g/mol. The maximum Gasteiger partial charge on any atom is 0.246 e. The number of aromatic nitrogens is 4. The summed E-state index contributed by atoms with van der Waals surface area (Å²) in [5.74, 6) is 0.816. The van der Waals surface area contributed by atoms with Gasteiger partial charge in [0.2, 0.25) is 11.8 Å². The molecule has 0 aliphatic rings. The van der Waals surface area contributed by atoms with Gasteiger partial charge in [0.15, 0.2) is 11.0 Å². The van der Waals surface area contributed by atoms with E-state index in [1.807, 2.05) is 32.0 Å². The Morgan fingerprint density at radius 1 is 0.972 bits per heavy atom. The molecule has 0 saturated heterocycles. The number of amides is 2. The molecule has 0 saturated carbocycles. The van der Waals surface area contributed by atoms with E-state index in [4.69, 9.17) is 4.74 Å². The van der Waals surface area contributed by atoms with Crippen LogP contribution in [0, 0.1) is 13.8 Å². The Kier molecular flexibility index (Phi) is 7.96. The van der Waals surface area contributed by atoms with Gasteiger partial charge in [-0.05, 0) is 67.4 Å². The van der Waals surface area contributed by atoms with Gasteiger partial charge < -0.3 is 15.4 Å². The van der Waals surface area contributed by atoms with Crippen LogP contribution < -0.4 is 15.4 Å². The maximum atomic E-state index is 12.9. The topological polar surface area (TPSA) is 111 Å². The first-order valence-corrected chi connectivity index (χ1v) is 12.2. The third kappa shape index (κ3) is 6.28. The molecular formula is C26H26N6O3S. The minimum Gasteiger partial charge on any atom is -0.497 e. The highest BCUT2D eigenvalue weighted by molar-refractivity contribution is 7.99. The lowest BCUT2D eigenvalue weighted by Crippen LogP contribution is -2.21. The second-order valence-corrected chi connectivity index (χ2v) is 8.92. The Morgan fingerprint density at radius 3 is 2.44 bits per heavy atom. The van der Waals surface area contributed by atoms with Gasteiger partial charge in [-0.15, -0.1) is 5.10 Å². The highest BCUT2D eigenvalue weighted by atomic mass is 32.2. The number of aryl methyl sites for hydroxylation is 1. The molecule has 2 aromatic carbocycles. The van der Waals surface area contributed by atoms with Gasteiger partial charge in [0.25, 0.3) is 0 Å². The Labute approximate surface area is 213 Å². The van der Waals surface area contributed by atoms with Crippen molar-refractivity contribution in [2.75, 3.05) is 23.5 Å². The highest BCUT2D eigenvalue weighted by Crippen LogP contribution is 2.23. The Morgan fingerprint density at radius 2 is 1.72 bits per heavy atom. The van der Waals surface area contributed by atoms with Crippen molar-refractivity contribution in [1.29, 1.82) is 0 Å². The van der Waals surface area contributed by atoms with Crippen LogP contribution in [0.4, 0.5) is 11.4 Å². The molecule has 0 atom stereocenters. The number of carbonyl (C=O) groups is 2. The van der Waals surface area contributed by atoms with E-state index >= 15 is 0 Å². The Bertz CT molecular complexity index is 1360. The zero-order valence-electron chi connectivity index (χ0n) is 20.2. The van der Waals surface area contributed by atoms with Crippen LogP contribution in [0.3, 0.4) is 0 Å². The van der Waals surface area contributed by atoms with Crippen molar-refractivity contribution in [1.82, 2.24) is 19.7 Å². The smallest absolute Gasteiger partial charge is 0.246 e. The molecule has 2 heterocycles. The zero-order valence-corrected chi connectivity index (χ0v) is 21.0. The number of anilines is 2. The van der Waals surface area contributed by atoms with Crippen LogP contribution in [0.25, 0.3) is 11.4 Å². The van der Waals surface area contributed by atoms with Gasteiger partial charge in [-0.2, -0.15) is 0 Å². The molecule has 184 valence electrons. The number of pyridine rings is 1. The van der Waals surface area contributed by atoms with E-state index in [9.17, 15) is 9.59 Å². The van der Waals surface area contributed by atoms with Crippen LogP contribution in [-0.2, 0) is 16.1 Å². The third-order valence-electron chi connectivity index (χ3n) is 5.45. The molecule has 10 heteroatoms. The molecule has 0 fully saturated rings. The van der Waals surface area contributed by atoms with E-state index in [1.54, 1.807) is 55.9 Å². The number of thioether (sulfide) groups is 1. The number of hydrogen-bond acceptors (Lipinski definition) is 7. The molecule has 0 unspecified atom stereocenters. The van der Waals surface area contributed by atoms with Gasteiger partial charge in [0, 0.05) is 29.3 Å². The fourth-order valence-electron chi connectivity index (χ4n) is 3.37. The van der Waals surface area contributed by atoms with E-state index < -0.39 is 0 Å². The molecule has 2 aromatic heterocycles. The second kappa shape index (κ2) is 11.5. The van der Waals surface area contributed by atoms with Gasteiger partial charge in [0.1, 0.15) is 12.3 Å². The highest BCUT2D eigenvalue weighted by Gasteiger charge is 2.17. The van der Waals surface area contributed by atoms with Crippen LogP contribution in [0.5, 0.6) is 5.75 Å². The van der Waals surface area contributed by atoms with Crippen molar-refractivity contribution >= 4 is 35.0 Å². The number of rotatable bonds is 9. The molecule has 0 spiro atoms. The van der Waals surface area contributed by atoms with Gasteiger partial charge >= 0.3 is 0 Å². The summed E-state index contributed by atoms with van der Waals surface area (Å²) in [6, 6.07) is 16.4. The fourth-order valence-corrected chi connectivity index (χ4v) is 4.11. The fraction of sp³-hybridized carbons (Fsp3) is 0.192. The summed E-state index contributed by atoms with van der Waals surface area (Å²) < 4.78 is 6.66. The number of methoxy groups -OCH3 is 1. The van der Waals surface area contributed by atoms with Crippen LogP contribution in [0.15, 0.2) is 72.1 Å². The number of ether oxygens (including phenoxy) is 1. The van der Waals surface area contributed by atoms with Crippen molar-refractivity contribution in [3.8, 4) is 17.1 Å². The number of carbonyl (C=O) groups excluding carboxylic acids is 2. The summed E-state index contributed by atoms with van der Waals surface area (Å²) in [5.41, 5.74) is 4.28. The van der Waals surface area contributed by atoms with Crippen molar-refractivity contribution in [2.45, 2.75) is 25.5 Å². The minimum absolute atomic E-state index is 0.0477. The molecule has 0 aliphatic carbocycles. The second-order valence-electron chi connectivity index (χ2n) is 7.97. The predicted octanol–water partition coefficient (Wildman–Crippen LogP) is 4.34. The normalized spacial score (nSPS) is 10.6. The lowest BCUT2D eigenvalue weighted by Gasteiger charge is -2.11. The third-order valence-corrected chi connectivity index (χ3v) is 6.42. The molecule has 2 amide bonds. The van der Waals surface area contributed by atoms with Crippen molar-refractivity contribution < 1.29 is 14.3 Å². The Balaban J connectivity index is 1.48. The van der Waals surface area contributed by atoms with Gasteiger partial charge in [0.05, 0.1) is 12.9 Å². The number of nitrogens with zero attached hydrogens (tertiary/aromatic N) is 4. The molecule has 9 nitrogen and oxygen atoms in total. The lowest BCUT2D eigenvalue weighted by molar-refractivity contribution is -0.117. The molecule has 36 heavy (non-hydrogen) atoms. The summed E-state index contributed by atoms with van der Waals surface area (Å²) in [6.45, 7) is 3.91. The van der Waals surface area contributed by atoms with Crippen LogP contribution in [0.1, 0.15) is 11.1 Å². The minimum atomic E-state index is -0.237. The van der Waals surface area contributed by atoms with Crippen LogP contribution in [-0.4, -0.2) is 44.4 Å². The first-order chi connectivity index (χ1) is 17.4. The SMILES string of the molecule is COc1ccc(NC(=O)CSc2nc(-c3ccncc3)nn2CC(=O)Nc2cccc(C)c2C)cc1. The molecule has 4 rings (SSSR count). The molecule has 0 bridgehead atoms. The number of benzene rings is 2. The maximum absolute atomic E-state index is 12.9. The average molecular weight is 503 g/mol. The molecule has 4 aromatic rings. The summed E-state index contributed by atoms with van der Waals surface area (Å²) in [4.78, 5) is 34.0. The first kappa shape index (κ1) is 24.9. The number of nitrogens with one attached hydrogen (secondary N) is 2. The number of hydrogen-bond donors (Lipinski definition) is 2. The van der Waals surface area contributed by atoms with Crippen LogP contribution >= 0.6 is 11.8 Å². The largest absolute Gasteiger partial charge is 0.497 e. The quantitative estimate of drug-likeness (QED) is 0.328. The summed E-state index contributed by atoms with van der Waals surface area (Å²) >= 11 is 1.21. The van der Waals surface area contributed by atoms with Crippen molar-refractivity contribution in [3.05, 3.63) is 78.1 Å². The van der Waals surface area contributed by atoms with E-state index in [0.717, 1.165) is 22.4 Å². The molecule has 0 aliphatic heterocycles. The van der Waals surface area contributed by atoms with E-state index in [-0.39, 0.29) is 24.1 Å². The Hall–Kier alpha value is -4.18. The van der Waals surface area contributed by atoms with Gasteiger partial charge in [-0.1, -0.05) is 23.9 Å². The van der Waals surface area contributed by atoms with Gasteiger partial charge in [-0.25, -0.2) is 9.67 Å². The lowest BCUT2D eigenvalue weighted by atomic mass is 10.1. The standard InChI is InChI=1S/C26H26N6O3S/c1-17-5-4-6-22(18(17)2)29-23(33)15-32-26(30-25(31-32)19-11-13-27-14-12-19)36-16-24(34)28-20-7-9-21(35-3)10-8-20/h4-14H,15-16H2,1-3H3,(H,28,34)(H,29,33). The predicted molar refractivity (Wildman–Crippen MR) is 140 cm³/mol.